The number of carbonyl (C=O) groups is 1. The maximum Gasteiger partial charge on any atom is 0.331 e. The summed E-state index contributed by atoms with van der Waals surface area (Å²) in [7, 11) is 1.65. The van der Waals surface area contributed by atoms with Crippen molar-refractivity contribution < 1.29 is 19.4 Å². The van der Waals surface area contributed by atoms with E-state index in [9.17, 15) is 9.90 Å². The first kappa shape index (κ1) is 28.6. The van der Waals surface area contributed by atoms with Gasteiger partial charge >= 0.3 is 5.97 Å². The van der Waals surface area contributed by atoms with Crippen LogP contribution in [-0.2, 0) is 14.3 Å². The van der Waals surface area contributed by atoms with Crippen LogP contribution in [0.15, 0.2) is 84.6 Å². The molecule has 4 nitrogen and oxygen atoms in total. The van der Waals surface area contributed by atoms with Gasteiger partial charge in [-0.3, -0.25) is 0 Å². The molecule has 0 fully saturated rings. The van der Waals surface area contributed by atoms with Crippen molar-refractivity contribution in [2.45, 2.75) is 71.7 Å². The van der Waals surface area contributed by atoms with E-state index in [1.165, 1.54) is 6.08 Å². The van der Waals surface area contributed by atoms with Gasteiger partial charge in [0.2, 0.25) is 0 Å². The van der Waals surface area contributed by atoms with Crippen LogP contribution in [0.2, 0.25) is 0 Å². The van der Waals surface area contributed by atoms with E-state index in [1.54, 1.807) is 13.2 Å². The van der Waals surface area contributed by atoms with Crippen molar-refractivity contribution in [3.8, 4) is 0 Å². The number of ether oxygens (including phenoxy) is 2. The Balaban J connectivity index is 3.04. The van der Waals surface area contributed by atoms with Gasteiger partial charge in [0.15, 0.2) is 0 Å². The molecule has 4 heteroatoms. The first-order chi connectivity index (χ1) is 15.8. The average molecular weight is 455 g/mol. The minimum absolute atomic E-state index is 0.0497. The highest BCUT2D eigenvalue weighted by Gasteiger charge is 2.16. The molecule has 1 rings (SSSR count). The van der Waals surface area contributed by atoms with Crippen molar-refractivity contribution >= 4 is 5.97 Å². The number of hydrogen-bond donors (Lipinski definition) is 1. The lowest BCUT2D eigenvalue weighted by Crippen LogP contribution is -2.23. The number of hydrogen-bond acceptors (Lipinski definition) is 4. The molecule has 33 heavy (non-hydrogen) atoms. The third-order valence-electron chi connectivity index (χ3n) is 5.41. The summed E-state index contributed by atoms with van der Waals surface area (Å²) in [6.07, 6.45) is 27.2. The standard InChI is InChI=1S/C29H42O4/c1-6-7-17-26-18-9-8-10-19-27(32-5)22-28(30)25(4)16-12-15-23(2)13-11-14-24(3)20-21-29(31)33-26/h7-14,16-17,19-21,23,25-28,30H,6,15,18,22H2,1-5H3/t23-,25-,26-,27+,28+/m0/s1. The Morgan fingerprint density at radius 2 is 1.88 bits per heavy atom. The minimum atomic E-state index is -0.483. The van der Waals surface area contributed by atoms with Crippen molar-refractivity contribution in [2.75, 3.05) is 7.11 Å². The number of methoxy groups -OCH3 is 1. The predicted octanol–water partition coefficient (Wildman–Crippen LogP) is 6.42. The van der Waals surface area contributed by atoms with Crippen LogP contribution in [0.5, 0.6) is 0 Å². The molecule has 0 aromatic heterocycles. The van der Waals surface area contributed by atoms with Gasteiger partial charge in [-0.15, -0.1) is 0 Å². The van der Waals surface area contributed by atoms with E-state index in [0.29, 0.717) is 18.8 Å². The number of aliphatic hydroxyl groups is 1. The highest BCUT2D eigenvalue weighted by atomic mass is 16.5. The van der Waals surface area contributed by atoms with Gasteiger partial charge < -0.3 is 14.6 Å². The van der Waals surface area contributed by atoms with Crippen molar-refractivity contribution in [3.05, 3.63) is 84.6 Å². The number of allylic oxidation sites excluding steroid dienone is 9. The zero-order valence-corrected chi connectivity index (χ0v) is 20.9. The molecule has 182 valence electrons. The normalized spacial score (nSPS) is 28.8. The number of rotatable bonds is 3. The van der Waals surface area contributed by atoms with E-state index in [0.717, 1.165) is 18.4 Å². The highest BCUT2D eigenvalue weighted by molar-refractivity contribution is 5.82. The van der Waals surface area contributed by atoms with E-state index in [1.807, 2.05) is 69.4 Å². The minimum Gasteiger partial charge on any atom is -0.455 e. The van der Waals surface area contributed by atoms with Gasteiger partial charge in [0.1, 0.15) is 6.10 Å². The van der Waals surface area contributed by atoms with Crippen LogP contribution in [0.1, 0.15) is 53.4 Å². The van der Waals surface area contributed by atoms with Crippen LogP contribution >= 0.6 is 0 Å². The monoisotopic (exact) mass is 454 g/mol. The second kappa shape index (κ2) is 17.1. The van der Waals surface area contributed by atoms with Gasteiger partial charge in [0, 0.05) is 31.9 Å². The lowest BCUT2D eigenvalue weighted by atomic mass is 9.97. The lowest BCUT2D eigenvalue weighted by molar-refractivity contribution is -0.140. The first-order valence-electron chi connectivity index (χ1n) is 12.0. The summed E-state index contributed by atoms with van der Waals surface area (Å²) in [5.74, 6) is 0.0623. The molecule has 0 unspecified atom stereocenters. The largest absolute Gasteiger partial charge is 0.455 e. The lowest BCUT2D eigenvalue weighted by Gasteiger charge is -2.19. The van der Waals surface area contributed by atoms with Gasteiger partial charge in [0.05, 0.1) is 12.2 Å². The fraction of sp³-hybridized carbons (Fsp3) is 0.483. The smallest absolute Gasteiger partial charge is 0.331 e. The summed E-state index contributed by atoms with van der Waals surface area (Å²) in [5, 5.41) is 10.6. The molecule has 1 aliphatic heterocycles. The van der Waals surface area contributed by atoms with Crippen molar-refractivity contribution in [3.63, 3.8) is 0 Å². The number of carbonyl (C=O) groups excluding carboxylic acids is 1. The van der Waals surface area contributed by atoms with Crippen LogP contribution in [0.25, 0.3) is 0 Å². The molecule has 1 N–H and O–H groups in total. The molecule has 5 atom stereocenters. The van der Waals surface area contributed by atoms with Crippen molar-refractivity contribution in [1.82, 2.24) is 0 Å². The topological polar surface area (TPSA) is 55.8 Å². The molecule has 0 aromatic rings. The Labute approximate surface area is 200 Å². The van der Waals surface area contributed by atoms with Crippen LogP contribution in [0.3, 0.4) is 0 Å². The van der Waals surface area contributed by atoms with Crippen LogP contribution in [0.4, 0.5) is 0 Å². The summed E-state index contributed by atoms with van der Waals surface area (Å²) in [5.41, 5.74) is 0.975. The summed E-state index contributed by atoms with van der Waals surface area (Å²) < 4.78 is 11.1. The molecule has 0 radical (unpaired) electrons. The number of esters is 1. The third-order valence-corrected chi connectivity index (χ3v) is 5.41. The summed E-state index contributed by atoms with van der Waals surface area (Å²) in [4.78, 5) is 12.3. The third kappa shape index (κ3) is 13.7. The Morgan fingerprint density at radius 3 is 2.61 bits per heavy atom. The second-order valence-corrected chi connectivity index (χ2v) is 8.57. The molecular formula is C29H42O4. The highest BCUT2D eigenvalue weighted by Crippen LogP contribution is 2.15. The number of cyclic esters (lactones) is 1. The van der Waals surface area contributed by atoms with E-state index in [2.05, 4.69) is 25.2 Å². The fourth-order valence-electron chi connectivity index (χ4n) is 3.19. The molecule has 0 amide bonds. The maximum absolute atomic E-state index is 12.3. The zero-order valence-electron chi connectivity index (χ0n) is 20.9. The molecule has 0 saturated carbocycles. The van der Waals surface area contributed by atoms with Crippen molar-refractivity contribution in [2.24, 2.45) is 11.8 Å². The van der Waals surface area contributed by atoms with Gasteiger partial charge in [-0.1, -0.05) is 93.2 Å². The van der Waals surface area contributed by atoms with Gasteiger partial charge in [0.25, 0.3) is 0 Å². The fourth-order valence-corrected chi connectivity index (χ4v) is 3.19. The quantitative estimate of drug-likeness (QED) is 0.395. The van der Waals surface area contributed by atoms with E-state index in [-0.39, 0.29) is 24.1 Å². The second-order valence-electron chi connectivity index (χ2n) is 8.57. The molecule has 1 aliphatic rings. The molecule has 0 spiro atoms. The SMILES string of the molecule is CCC=C[C@H]1CC=CC=C[C@@H](OC)C[C@@H](O)[C@@H](C)C=CC[C@@H](C)C=CC=C(C)C=CC(=O)O1. The Morgan fingerprint density at radius 1 is 1.09 bits per heavy atom. The van der Waals surface area contributed by atoms with Gasteiger partial charge in [-0.25, -0.2) is 4.79 Å². The molecular weight excluding hydrogens is 412 g/mol. The molecule has 0 aromatic carbocycles. The molecule has 1 heterocycles. The van der Waals surface area contributed by atoms with E-state index >= 15 is 0 Å². The molecule has 0 bridgehead atoms. The first-order valence-corrected chi connectivity index (χ1v) is 12.0. The average Bonchev–Trinajstić information content (AvgIpc) is 2.79. The van der Waals surface area contributed by atoms with Gasteiger partial charge in [-0.2, -0.15) is 0 Å². The molecule has 0 aliphatic carbocycles. The Kier molecular flexibility index (Phi) is 14.8. The Hall–Kier alpha value is -2.43. The van der Waals surface area contributed by atoms with Crippen LogP contribution in [-0.4, -0.2) is 36.5 Å². The molecule has 0 saturated heterocycles. The van der Waals surface area contributed by atoms with Crippen LogP contribution in [0, 0.1) is 11.8 Å². The summed E-state index contributed by atoms with van der Waals surface area (Å²) >= 11 is 0. The maximum atomic E-state index is 12.3. The number of aliphatic hydroxyl groups excluding tert-OH is 1. The zero-order chi connectivity index (χ0) is 24.5. The Bertz CT molecular complexity index is 766. The predicted molar refractivity (Wildman–Crippen MR) is 138 cm³/mol. The van der Waals surface area contributed by atoms with Crippen molar-refractivity contribution in [1.29, 1.82) is 0 Å². The summed E-state index contributed by atoms with van der Waals surface area (Å²) in [6, 6.07) is 0. The summed E-state index contributed by atoms with van der Waals surface area (Å²) in [6.45, 7) is 8.18. The van der Waals surface area contributed by atoms with Gasteiger partial charge in [-0.05, 0) is 31.8 Å². The van der Waals surface area contributed by atoms with Crippen LogP contribution < -0.4 is 0 Å². The van der Waals surface area contributed by atoms with E-state index in [4.69, 9.17) is 9.47 Å². The van der Waals surface area contributed by atoms with E-state index < -0.39 is 6.10 Å².